The van der Waals surface area contributed by atoms with Crippen LogP contribution in [0, 0.1) is 0 Å². The second-order valence-corrected chi connectivity index (χ2v) is 8.64. The summed E-state index contributed by atoms with van der Waals surface area (Å²) in [6.07, 6.45) is 3.40. The average Bonchev–Trinajstić information content (AvgIpc) is 3.28. The number of likely N-dealkylation sites (N-methyl/N-ethyl adjacent to an activating group) is 1. The minimum Gasteiger partial charge on any atom is -0.339 e. The van der Waals surface area contributed by atoms with E-state index in [9.17, 15) is 0 Å². The second kappa shape index (κ2) is 7.18. The van der Waals surface area contributed by atoms with Crippen LogP contribution in [-0.4, -0.2) is 34.2 Å². The molecule has 2 saturated heterocycles. The lowest BCUT2D eigenvalue weighted by molar-refractivity contribution is 0.120. The van der Waals surface area contributed by atoms with Gasteiger partial charge in [-0.15, -0.1) is 0 Å². The van der Waals surface area contributed by atoms with E-state index >= 15 is 0 Å². The van der Waals surface area contributed by atoms with E-state index in [0.29, 0.717) is 33.8 Å². The van der Waals surface area contributed by atoms with Gasteiger partial charge in [-0.2, -0.15) is 4.98 Å². The maximum Gasteiger partial charge on any atom is 0.232 e. The SMILES string of the molecule is CN1[C@H]2CC[C@@H]1[C@H](c1nc(-c3ccccc3)no1)[C@@H](c1ccc(Cl)c(Cl)c1)C2. The lowest BCUT2D eigenvalue weighted by Crippen LogP contribution is -2.44. The normalized spacial score (nSPS) is 27.2. The van der Waals surface area contributed by atoms with Crippen molar-refractivity contribution in [3.8, 4) is 11.4 Å². The molecule has 0 amide bonds. The molecule has 3 heterocycles. The number of benzene rings is 2. The highest BCUT2D eigenvalue weighted by atomic mass is 35.5. The Labute approximate surface area is 174 Å². The molecule has 2 aromatic carbocycles. The average molecular weight is 414 g/mol. The third-order valence-electron chi connectivity index (χ3n) is 6.40. The Hall–Kier alpha value is -1.88. The van der Waals surface area contributed by atoms with Crippen LogP contribution < -0.4 is 0 Å². The highest BCUT2D eigenvalue weighted by Crippen LogP contribution is 2.51. The summed E-state index contributed by atoms with van der Waals surface area (Å²) < 4.78 is 5.82. The van der Waals surface area contributed by atoms with Crippen LogP contribution in [0.2, 0.25) is 10.0 Å². The van der Waals surface area contributed by atoms with Gasteiger partial charge >= 0.3 is 0 Å². The van der Waals surface area contributed by atoms with Crippen LogP contribution >= 0.6 is 23.2 Å². The predicted molar refractivity (Wildman–Crippen MR) is 111 cm³/mol. The van der Waals surface area contributed by atoms with Crippen molar-refractivity contribution in [3.05, 3.63) is 70.0 Å². The first-order valence-electron chi connectivity index (χ1n) is 9.67. The van der Waals surface area contributed by atoms with E-state index in [1.54, 1.807) is 0 Å². The quantitative estimate of drug-likeness (QED) is 0.545. The molecule has 0 N–H and O–H groups in total. The number of rotatable bonds is 3. The van der Waals surface area contributed by atoms with Crippen LogP contribution in [0.5, 0.6) is 0 Å². The molecule has 1 aromatic heterocycles. The topological polar surface area (TPSA) is 42.2 Å². The van der Waals surface area contributed by atoms with E-state index in [0.717, 1.165) is 18.4 Å². The molecule has 28 heavy (non-hydrogen) atoms. The minimum absolute atomic E-state index is 0.144. The Bertz CT molecular complexity index is 990. The summed E-state index contributed by atoms with van der Waals surface area (Å²) in [6, 6.07) is 16.9. The number of halogens is 2. The molecular formula is C22H21Cl2N3O. The summed E-state index contributed by atoms with van der Waals surface area (Å²) in [5.74, 6) is 1.79. The first-order valence-corrected chi connectivity index (χ1v) is 10.4. The van der Waals surface area contributed by atoms with Gasteiger partial charge in [-0.1, -0.05) is 64.8 Å². The zero-order chi connectivity index (χ0) is 19.3. The van der Waals surface area contributed by atoms with E-state index in [2.05, 4.69) is 23.2 Å². The third-order valence-corrected chi connectivity index (χ3v) is 7.14. The van der Waals surface area contributed by atoms with Crippen molar-refractivity contribution in [2.24, 2.45) is 0 Å². The Morgan fingerprint density at radius 3 is 2.64 bits per heavy atom. The molecule has 0 saturated carbocycles. The Balaban J connectivity index is 1.55. The van der Waals surface area contributed by atoms with Crippen molar-refractivity contribution >= 4 is 23.2 Å². The van der Waals surface area contributed by atoms with Gasteiger partial charge in [0, 0.05) is 17.6 Å². The van der Waals surface area contributed by atoms with Crippen LogP contribution in [0.25, 0.3) is 11.4 Å². The van der Waals surface area contributed by atoms with Gasteiger partial charge in [-0.3, -0.25) is 4.90 Å². The number of hydrogen-bond acceptors (Lipinski definition) is 4. The maximum atomic E-state index is 6.33. The maximum absolute atomic E-state index is 6.33. The van der Waals surface area contributed by atoms with E-state index in [4.69, 9.17) is 32.7 Å². The van der Waals surface area contributed by atoms with Gasteiger partial charge in [0.25, 0.3) is 0 Å². The second-order valence-electron chi connectivity index (χ2n) is 7.83. The zero-order valence-electron chi connectivity index (χ0n) is 15.6. The molecule has 144 valence electrons. The molecule has 2 aliphatic heterocycles. The van der Waals surface area contributed by atoms with Crippen molar-refractivity contribution in [2.75, 3.05) is 7.05 Å². The van der Waals surface area contributed by atoms with Gasteiger partial charge < -0.3 is 4.52 Å². The van der Waals surface area contributed by atoms with Crippen LogP contribution in [0.15, 0.2) is 53.1 Å². The molecule has 0 spiro atoms. The fourth-order valence-corrected chi connectivity index (χ4v) is 5.27. The molecule has 2 bridgehead atoms. The number of piperidine rings is 1. The molecule has 4 nitrogen and oxygen atoms in total. The van der Waals surface area contributed by atoms with Crippen LogP contribution in [0.1, 0.15) is 42.6 Å². The minimum atomic E-state index is 0.144. The lowest BCUT2D eigenvalue weighted by Gasteiger charge is -2.41. The van der Waals surface area contributed by atoms with Gasteiger partial charge in [0.1, 0.15) is 0 Å². The fourth-order valence-electron chi connectivity index (χ4n) is 4.96. The summed E-state index contributed by atoms with van der Waals surface area (Å²) in [5.41, 5.74) is 2.17. The molecule has 2 aliphatic rings. The standard InChI is InChI=1S/C22H21Cl2N3O/c1-27-15-8-10-19(27)20(16(12-15)14-7-9-17(23)18(24)11-14)22-25-21(26-28-22)13-5-3-2-4-6-13/h2-7,9,11,15-16,19-20H,8,10,12H2,1H3/t15-,16+,19+,20+/m0/s1. The van der Waals surface area contributed by atoms with E-state index in [1.165, 1.54) is 12.0 Å². The van der Waals surface area contributed by atoms with Crippen molar-refractivity contribution < 1.29 is 4.52 Å². The van der Waals surface area contributed by atoms with Gasteiger partial charge in [0.2, 0.25) is 11.7 Å². The molecule has 3 aromatic rings. The smallest absolute Gasteiger partial charge is 0.232 e. The van der Waals surface area contributed by atoms with Crippen LogP contribution in [0.4, 0.5) is 0 Å². The molecule has 4 atom stereocenters. The molecule has 0 aliphatic carbocycles. The number of hydrogen-bond donors (Lipinski definition) is 0. The Morgan fingerprint density at radius 2 is 1.86 bits per heavy atom. The van der Waals surface area contributed by atoms with E-state index < -0.39 is 0 Å². The highest BCUT2D eigenvalue weighted by molar-refractivity contribution is 6.42. The molecule has 0 radical (unpaired) electrons. The number of aromatic nitrogens is 2. The van der Waals surface area contributed by atoms with Crippen molar-refractivity contribution in [1.82, 2.24) is 15.0 Å². The summed E-state index contributed by atoms with van der Waals surface area (Å²) in [6.45, 7) is 0. The summed E-state index contributed by atoms with van der Waals surface area (Å²) in [4.78, 5) is 7.30. The highest BCUT2D eigenvalue weighted by Gasteiger charge is 2.49. The Kier molecular flexibility index (Phi) is 4.66. The molecule has 6 heteroatoms. The lowest BCUT2D eigenvalue weighted by atomic mass is 9.76. The fraction of sp³-hybridized carbons (Fsp3) is 0.364. The van der Waals surface area contributed by atoms with Gasteiger partial charge in [0.05, 0.1) is 16.0 Å². The zero-order valence-corrected chi connectivity index (χ0v) is 17.1. The number of nitrogens with zero attached hydrogens (tertiary/aromatic N) is 3. The molecule has 0 unspecified atom stereocenters. The van der Waals surface area contributed by atoms with E-state index in [-0.39, 0.29) is 11.8 Å². The van der Waals surface area contributed by atoms with Gasteiger partial charge in [-0.25, -0.2) is 0 Å². The van der Waals surface area contributed by atoms with Crippen molar-refractivity contribution in [2.45, 2.75) is 43.2 Å². The van der Waals surface area contributed by atoms with E-state index in [1.807, 2.05) is 42.5 Å². The van der Waals surface area contributed by atoms with Crippen LogP contribution in [0.3, 0.4) is 0 Å². The summed E-state index contributed by atoms with van der Waals surface area (Å²) in [7, 11) is 2.22. The summed E-state index contributed by atoms with van der Waals surface area (Å²) >= 11 is 12.5. The van der Waals surface area contributed by atoms with Gasteiger partial charge in [-0.05, 0) is 49.9 Å². The summed E-state index contributed by atoms with van der Waals surface area (Å²) in [5, 5.41) is 5.46. The third kappa shape index (κ3) is 3.04. The largest absolute Gasteiger partial charge is 0.339 e. The molecular weight excluding hydrogens is 393 g/mol. The first kappa shape index (κ1) is 18.2. The van der Waals surface area contributed by atoms with Crippen molar-refractivity contribution in [3.63, 3.8) is 0 Å². The number of fused-ring (bicyclic) bond motifs is 2. The molecule has 2 fully saturated rings. The first-order chi connectivity index (χ1) is 13.6. The monoisotopic (exact) mass is 413 g/mol. The van der Waals surface area contributed by atoms with Crippen molar-refractivity contribution in [1.29, 1.82) is 0 Å². The Morgan fingerprint density at radius 1 is 1.04 bits per heavy atom. The van der Waals surface area contributed by atoms with Gasteiger partial charge in [0.15, 0.2) is 0 Å². The predicted octanol–water partition coefficient (Wildman–Crippen LogP) is 5.78. The molecule has 5 rings (SSSR count). The van der Waals surface area contributed by atoms with Crippen LogP contribution in [-0.2, 0) is 0 Å².